The Bertz CT molecular complexity index is 350. The molecule has 0 amide bonds. The highest BCUT2D eigenvalue weighted by atomic mass is 15.0. The second kappa shape index (κ2) is 9.15. The summed E-state index contributed by atoms with van der Waals surface area (Å²) < 4.78 is 0. The van der Waals surface area contributed by atoms with Crippen LogP contribution in [0.1, 0.15) is 70.9 Å². The molecule has 2 nitrogen and oxygen atoms in total. The normalized spacial score (nSPS) is 15.8. The zero-order chi connectivity index (χ0) is 14.8. The van der Waals surface area contributed by atoms with Crippen molar-refractivity contribution >= 4 is 0 Å². The van der Waals surface area contributed by atoms with E-state index in [4.69, 9.17) is 5.73 Å². The van der Waals surface area contributed by atoms with Gasteiger partial charge in [-0.25, -0.2) is 0 Å². The molecule has 0 aliphatic heterocycles. The van der Waals surface area contributed by atoms with Gasteiger partial charge in [0.15, 0.2) is 0 Å². The Balaban J connectivity index is 2.43. The van der Waals surface area contributed by atoms with Gasteiger partial charge in [0.05, 0.1) is 0 Å². The number of nitrogens with two attached hydrogens (primary N) is 1. The molecular formula is C18H32N2. The number of hydrogen-bond donors (Lipinski definition) is 2. The van der Waals surface area contributed by atoms with Crippen molar-refractivity contribution < 1.29 is 0 Å². The maximum Gasteiger partial charge on any atom is 0.0297 e. The monoisotopic (exact) mass is 276 g/mol. The van der Waals surface area contributed by atoms with Gasteiger partial charge in [-0.3, -0.25) is 0 Å². The number of nitrogens with one attached hydrogen (secondary N) is 1. The maximum absolute atomic E-state index is 6.01. The largest absolute Gasteiger partial charge is 0.329 e. The summed E-state index contributed by atoms with van der Waals surface area (Å²) in [5.41, 5.74) is 7.39. The molecule has 0 spiro atoms. The van der Waals surface area contributed by atoms with Gasteiger partial charge in [-0.1, -0.05) is 69.4 Å². The zero-order valence-electron chi connectivity index (χ0n) is 13.5. The molecule has 3 N–H and O–H groups in total. The smallest absolute Gasteiger partial charge is 0.0297 e. The SMILES string of the molecule is CCCCCCCC(C)(CN)NC(C)c1ccccc1. The lowest BCUT2D eigenvalue weighted by molar-refractivity contribution is 0.296. The topological polar surface area (TPSA) is 38.0 Å². The number of unbranched alkanes of at least 4 members (excludes halogenated alkanes) is 4. The molecule has 20 heavy (non-hydrogen) atoms. The lowest BCUT2D eigenvalue weighted by Gasteiger charge is -2.33. The molecule has 0 heterocycles. The molecule has 0 saturated heterocycles. The summed E-state index contributed by atoms with van der Waals surface area (Å²) >= 11 is 0. The van der Waals surface area contributed by atoms with Crippen molar-refractivity contribution in [3.8, 4) is 0 Å². The van der Waals surface area contributed by atoms with Crippen LogP contribution in [-0.2, 0) is 0 Å². The van der Waals surface area contributed by atoms with Crippen LogP contribution in [-0.4, -0.2) is 12.1 Å². The van der Waals surface area contributed by atoms with Crippen LogP contribution in [0.5, 0.6) is 0 Å². The van der Waals surface area contributed by atoms with Crippen LogP contribution < -0.4 is 11.1 Å². The average molecular weight is 276 g/mol. The van der Waals surface area contributed by atoms with Gasteiger partial charge in [0.1, 0.15) is 0 Å². The fourth-order valence-electron chi connectivity index (χ4n) is 2.70. The summed E-state index contributed by atoms with van der Waals surface area (Å²) in [4.78, 5) is 0. The van der Waals surface area contributed by atoms with Gasteiger partial charge in [0, 0.05) is 18.1 Å². The van der Waals surface area contributed by atoms with Crippen LogP contribution in [0.3, 0.4) is 0 Å². The quantitative estimate of drug-likeness (QED) is 0.621. The molecule has 2 unspecified atom stereocenters. The summed E-state index contributed by atoms with van der Waals surface area (Å²) in [6.45, 7) is 7.43. The number of hydrogen-bond acceptors (Lipinski definition) is 2. The Hall–Kier alpha value is -0.860. The van der Waals surface area contributed by atoms with E-state index in [0.29, 0.717) is 12.6 Å². The van der Waals surface area contributed by atoms with E-state index in [9.17, 15) is 0 Å². The lowest BCUT2D eigenvalue weighted by atomic mass is 9.92. The third kappa shape index (κ3) is 6.06. The third-order valence-electron chi connectivity index (χ3n) is 4.15. The molecule has 1 rings (SSSR count). The first-order valence-electron chi connectivity index (χ1n) is 8.14. The van der Waals surface area contributed by atoms with Crippen molar-refractivity contribution in [3.05, 3.63) is 35.9 Å². The van der Waals surface area contributed by atoms with Crippen LogP contribution in [0.25, 0.3) is 0 Å². The summed E-state index contributed by atoms with van der Waals surface area (Å²) in [6, 6.07) is 11.0. The zero-order valence-corrected chi connectivity index (χ0v) is 13.5. The van der Waals surface area contributed by atoms with E-state index >= 15 is 0 Å². The summed E-state index contributed by atoms with van der Waals surface area (Å²) in [5.74, 6) is 0. The van der Waals surface area contributed by atoms with Gasteiger partial charge in [0.2, 0.25) is 0 Å². The van der Waals surface area contributed by atoms with E-state index in [1.807, 2.05) is 0 Å². The van der Waals surface area contributed by atoms with Crippen molar-refractivity contribution in [2.24, 2.45) is 5.73 Å². The standard InChI is InChI=1S/C18H32N2/c1-4-5-6-7-11-14-18(3,15-19)20-16(2)17-12-9-8-10-13-17/h8-10,12-13,16,20H,4-7,11,14-15,19H2,1-3H3. The van der Waals surface area contributed by atoms with Crippen LogP contribution in [0.15, 0.2) is 30.3 Å². The minimum atomic E-state index is 0.0431. The minimum Gasteiger partial charge on any atom is -0.329 e. The first-order chi connectivity index (χ1) is 9.61. The highest BCUT2D eigenvalue weighted by Crippen LogP contribution is 2.20. The van der Waals surface area contributed by atoms with Gasteiger partial charge >= 0.3 is 0 Å². The Morgan fingerprint density at radius 2 is 1.75 bits per heavy atom. The van der Waals surface area contributed by atoms with Crippen LogP contribution >= 0.6 is 0 Å². The van der Waals surface area contributed by atoms with Gasteiger partial charge in [0.25, 0.3) is 0 Å². The predicted octanol–water partition coefficient (Wildman–Crippen LogP) is 4.42. The number of benzene rings is 1. The Morgan fingerprint density at radius 1 is 1.10 bits per heavy atom. The minimum absolute atomic E-state index is 0.0431. The Labute approximate surface area is 125 Å². The summed E-state index contributed by atoms with van der Waals surface area (Å²) in [6.07, 6.45) is 7.76. The molecule has 1 aromatic rings. The first-order valence-corrected chi connectivity index (χ1v) is 8.14. The molecule has 0 aromatic heterocycles. The van der Waals surface area contributed by atoms with E-state index in [1.165, 1.54) is 37.7 Å². The van der Waals surface area contributed by atoms with Crippen molar-refractivity contribution in [2.75, 3.05) is 6.54 Å². The first kappa shape index (κ1) is 17.2. The molecule has 0 bridgehead atoms. The predicted molar refractivity (Wildman–Crippen MR) is 88.8 cm³/mol. The molecule has 0 aliphatic carbocycles. The fraction of sp³-hybridized carbons (Fsp3) is 0.667. The van der Waals surface area contributed by atoms with E-state index in [2.05, 4.69) is 56.4 Å². The molecule has 0 fully saturated rings. The van der Waals surface area contributed by atoms with Crippen LogP contribution in [0.2, 0.25) is 0 Å². The van der Waals surface area contributed by atoms with E-state index < -0.39 is 0 Å². The van der Waals surface area contributed by atoms with Crippen LogP contribution in [0, 0.1) is 0 Å². The van der Waals surface area contributed by atoms with Gasteiger partial charge in [-0.2, -0.15) is 0 Å². The summed E-state index contributed by atoms with van der Waals surface area (Å²) in [7, 11) is 0. The molecule has 2 atom stereocenters. The fourth-order valence-corrected chi connectivity index (χ4v) is 2.70. The van der Waals surface area contributed by atoms with Crippen molar-refractivity contribution in [1.82, 2.24) is 5.32 Å². The van der Waals surface area contributed by atoms with Gasteiger partial charge in [-0.05, 0) is 25.8 Å². The maximum atomic E-state index is 6.01. The molecular weight excluding hydrogens is 244 g/mol. The molecule has 0 saturated carbocycles. The lowest BCUT2D eigenvalue weighted by Crippen LogP contribution is -2.49. The number of rotatable bonds is 10. The van der Waals surface area contributed by atoms with Crippen molar-refractivity contribution in [2.45, 2.75) is 70.9 Å². The Kier molecular flexibility index (Phi) is 7.86. The average Bonchev–Trinajstić information content (AvgIpc) is 2.48. The summed E-state index contributed by atoms with van der Waals surface area (Å²) in [5, 5.41) is 3.73. The van der Waals surface area contributed by atoms with Crippen LogP contribution in [0.4, 0.5) is 0 Å². The molecule has 2 heteroatoms. The van der Waals surface area contributed by atoms with Gasteiger partial charge in [-0.15, -0.1) is 0 Å². The van der Waals surface area contributed by atoms with E-state index in [-0.39, 0.29) is 5.54 Å². The van der Waals surface area contributed by atoms with Gasteiger partial charge < -0.3 is 11.1 Å². The van der Waals surface area contributed by atoms with E-state index in [1.54, 1.807) is 0 Å². The second-order valence-electron chi connectivity index (χ2n) is 6.21. The molecule has 114 valence electrons. The molecule has 0 aliphatic rings. The third-order valence-corrected chi connectivity index (χ3v) is 4.15. The van der Waals surface area contributed by atoms with Crippen molar-refractivity contribution in [1.29, 1.82) is 0 Å². The highest BCUT2D eigenvalue weighted by Gasteiger charge is 2.24. The van der Waals surface area contributed by atoms with Crippen molar-refractivity contribution in [3.63, 3.8) is 0 Å². The molecule has 0 radical (unpaired) electrons. The van der Waals surface area contributed by atoms with E-state index in [0.717, 1.165) is 6.42 Å². The highest BCUT2D eigenvalue weighted by molar-refractivity contribution is 5.18. The Morgan fingerprint density at radius 3 is 2.35 bits per heavy atom. The molecule has 1 aromatic carbocycles. The second-order valence-corrected chi connectivity index (χ2v) is 6.21.